The fourth-order valence-corrected chi connectivity index (χ4v) is 4.74. The van der Waals surface area contributed by atoms with Crippen LogP contribution >= 0.6 is 11.3 Å². The molecule has 3 aromatic heterocycles. The summed E-state index contributed by atoms with van der Waals surface area (Å²) in [5.41, 5.74) is 4.05. The second-order valence-electron chi connectivity index (χ2n) is 8.42. The topological polar surface area (TPSA) is 84.1 Å². The Balaban J connectivity index is 1.45. The Morgan fingerprint density at radius 1 is 1.21 bits per heavy atom. The molecule has 1 aliphatic rings. The van der Waals surface area contributed by atoms with Crippen molar-refractivity contribution in [2.24, 2.45) is 0 Å². The molecule has 1 aliphatic carbocycles. The number of carbonyl (C=O) groups is 1. The van der Waals surface area contributed by atoms with Gasteiger partial charge in [0.25, 0.3) is 11.9 Å². The molecule has 1 saturated carbocycles. The SMILES string of the molecule is Cc1cnc(-n2ncc(C(=O)N(C)C[C@@H](O)c3ccccc3)c2C2CC2)nc1-c1cccs1. The highest BCUT2D eigenvalue weighted by atomic mass is 32.1. The van der Waals surface area contributed by atoms with E-state index in [4.69, 9.17) is 4.98 Å². The average molecular weight is 460 g/mol. The minimum absolute atomic E-state index is 0.163. The number of aryl methyl sites for hydroxylation is 1. The van der Waals surface area contributed by atoms with E-state index in [1.807, 2.05) is 54.8 Å². The molecule has 3 heterocycles. The molecule has 1 fully saturated rings. The normalized spacial score (nSPS) is 14.3. The third-order valence-electron chi connectivity index (χ3n) is 5.88. The molecule has 0 unspecified atom stereocenters. The van der Waals surface area contributed by atoms with Crippen molar-refractivity contribution in [3.8, 4) is 16.5 Å². The van der Waals surface area contributed by atoms with Gasteiger partial charge in [-0.1, -0.05) is 36.4 Å². The Labute approximate surface area is 196 Å². The summed E-state index contributed by atoms with van der Waals surface area (Å²) in [6, 6.07) is 13.4. The van der Waals surface area contributed by atoms with Crippen LogP contribution in [0.3, 0.4) is 0 Å². The van der Waals surface area contributed by atoms with Gasteiger partial charge in [-0.15, -0.1) is 11.3 Å². The first-order chi connectivity index (χ1) is 16.0. The maximum Gasteiger partial charge on any atom is 0.257 e. The molecule has 0 aliphatic heterocycles. The Morgan fingerprint density at radius 3 is 2.70 bits per heavy atom. The zero-order valence-corrected chi connectivity index (χ0v) is 19.4. The third-order valence-corrected chi connectivity index (χ3v) is 6.76. The molecule has 0 spiro atoms. The van der Waals surface area contributed by atoms with E-state index in [0.29, 0.717) is 11.5 Å². The van der Waals surface area contributed by atoms with Gasteiger partial charge in [-0.25, -0.2) is 14.6 Å². The summed E-state index contributed by atoms with van der Waals surface area (Å²) in [4.78, 5) is 25.3. The van der Waals surface area contributed by atoms with Gasteiger partial charge in [0.2, 0.25) is 0 Å². The van der Waals surface area contributed by atoms with Crippen LogP contribution in [0.2, 0.25) is 0 Å². The number of likely N-dealkylation sites (N-methyl/N-ethyl adjacent to an activating group) is 1. The van der Waals surface area contributed by atoms with Gasteiger partial charge in [-0.05, 0) is 42.3 Å². The minimum Gasteiger partial charge on any atom is -0.387 e. The second-order valence-corrected chi connectivity index (χ2v) is 9.37. The van der Waals surface area contributed by atoms with Gasteiger partial charge in [-0.2, -0.15) is 5.10 Å². The number of amides is 1. The van der Waals surface area contributed by atoms with E-state index in [-0.39, 0.29) is 18.4 Å². The zero-order valence-electron chi connectivity index (χ0n) is 18.5. The summed E-state index contributed by atoms with van der Waals surface area (Å²) in [6.07, 6.45) is 4.67. The summed E-state index contributed by atoms with van der Waals surface area (Å²) >= 11 is 1.63. The van der Waals surface area contributed by atoms with Crippen molar-refractivity contribution in [1.82, 2.24) is 24.6 Å². The van der Waals surface area contributed by atoms with Gasteiger partial charge in [0, 0.05) is 19.2 Å². The van der Waals surface area contributed by atoms with Gasteiger partial charge in [0.05, 0.1) is 40.7 Å². The maximum atomic E-state index is 13.3. The van der Waals surface area contributed by atoms with Gasteiger partial charge >= 0.3 is 0 Å². The van der Waals surface area contributed by atoms with E-state index in [2.05, 4.69) is 10.1 Å². The van der Waals surface area contributed by atoms with Gasteiger partial charge in [-0.3, -0.25) is 4.79 Å². The molecule has 1 amide bonds. The van der Waals surface area contributed by atoms with Crippen molar-refractivity contribution in [3.63, 3.8) is 0 Å². The highest BCUT2D eigenvalue weighted by Gasteiger charge is 2.34. The summed E-state index contributed by atoms with van der Waals surface area (Å²) in [6.45, 7) is 2.19. The van der Waals surface area contributed by atoms with Crippen LogP contribution in [0.15, 0.2) is 60.2 Å². The number of hydrogen-bond acceptors (Lipinski definition) is 6. The number of nitrogens with zero attached hydrogens (tertiary/aromatic N) is 5. The fraction of sp³-hybridized carbons (Fsp3) is 0.280. The van der Waals surface area contributed by atoms with Crippen LogP contribution in [0.4, 0.5) is 0 Å². The predicted molar refractivity (Wildman–Crippen MR) is 128 cm³/mol. The van der Waals surface area contributed by atoms with Crippen molar-refractivity contribution >= 4 is 17.2 Å². The van der Waals surface area contributed by atoms with Gasteiger partial charge < -0.3 is 10.0 Å². The second kappa shape index (κ2) is 8.88. The van der Waals surface area contributed by atoms with E-state index < -0.39 is 6.10 Å². The van der Waals surface area contributed by atoms with Crippen molar-refractivity contribution in [2.75, 3.05) is 13.6 Å². The Kier molecular flexibility index (Phi) is 5.78. The van der Waals surface area contributed by atoms with Crippen LogP contribution in [0.5, 0.6) is 0 Å². The van der Waals surface area contributed by atoms with Crippen LogP contribution in [0.25, 0.3) is 16.5 Å². The van der Waals surface area contributed by atoms with Crippen LogP contribution in [-0.4, -0.2) is 49.3 Å². The molecular weight excluding hydrogens is 434 g/mol. The standard InChI is InChI=1S/C25H25N5O2S/c1-16-13-26-25(28-22(16)21-9-6-12-33-21)30-23(18-10-11-18)19(14-27-30)24(32)29(2)15-20(31)17-7-4-3-5-8-17/h3-9,12-14,18,20,31H,10-11,15H2,1-2H3/t20-/m1/s1. The predicted octanol–water partition coefficient (Wildman–Crippen LogP) is 4.38. The number of aliphatic hydroxyl groups excluding tert-OH is 1. The lowest BCUT2D eigenvalue weighted by Gasteiger charge is -2.21. The molecule has 0 radical (unpaired) electrons. The lowest BCUT2D eigenvalue weighted by Crippen LogP contribution is -2.31. The van der Waals surface area contributed by atoms with Crippen molar-refractivity contribution in [1.29, 1.82) is 0 Å². The fourth-order valence-electron chi connectivity index (χ4n) is 3.96. The zero-order chi connectivity index (χ0) is 22.9. The number of aliphatic hydroxyl groups is 1. The monoisotopic (exact) mass is 459 g/mol. The quantitative estimate of drug-likeness (QED) is 0.443. The number of hydrogen-bond donors (Lipinski definition) is 1. The molecule has 33 heavy (non-hydrogen) atoms. The molecule has 0 bridgehead atoms. The molecule has 1 atom stereocenters. The summed E-state index contributed by atoms with van der Waals surface area (Å²) in [7, 11) is 1.71. The number of benzene rings is 1. The molecule has 8 heteroatoms. The first-order valence-corrected chi connectivity index (χ1v) is 11.8. The molecular formula is C25H25N5O2S. The number of carbonyl (C=O) groups excluding carboxylic acids is 1. The molecule has 1 N–H and O–H groups in total. The maximum absolute atomic E-state index is 13.3. The number of thiophene rings is 1. The lowest BCUT2D eigenvalue weighted by atomic mass is 10.1. The summed E-state index contributed by atoms with van der Waals surface area (Å²) < 4.78 is 1.71. The Morgan fingerprint density at radius 2 is 2.00 bits per heavy atom. The van der Waals surface area contributed by atoms with E-state index in [1.165, 1.54) is 0 Å². The molecule has 168 valence electrons. The smallest absolute Gasteiger partial charge is 0.257 e. The molecule has 0 saturated heterocycles. The van der Waals surface area contributed by atoms with E-state index >= 15 is 0 Å². The van der Waals surface area contributed by atoms with Crippen molar-refractivity contribution in [2.45, 2.75) is 31.8 Å². The largest absolute Gasteiger partial charge is 0.387 e. The first kappa shape index (κ1) is 21.5. The molecule has 1 aromatic carbocycles. The highest BCUT2D eigenvalue weighted by molar-refractivity contribution is 7.13. The van der Waals surface area contributed by atoms with Crippen molar-refractivity contribution < 1.29 is 9.90 Å². The van der Waals surface area contributed by atoms with Crippen molar-refractivity contribution in [3.05, 3.63) is 82.6 Å². The lowest BCUT2D eigenvalue weighted by molar-refractivity contribution is 0.0680. The van der Waals surface area contributed by atoms with E-state index in [1.54, 1.807) is 40.4 Å². The van der Waals surface area contributed by atoms with E-state index in [9.17, 15) is 9.90 Å². The Hall–Kier alpha value is -3.36. The summed E-state index contributed by atoms with van der Waals surface area (Å²) in [5, 5.41) is 17.1. The van der Waals surface area contributed by atoms with Crippen LogP contribution in [-0.2, 0) is 0 Å². The average Bonchev–Trinajstić information content (AvgIpc) is 3.33. The Bertz CT molecular complexity index is 1270. The van der Waals surface area contributed by atoms with E-state index in [0.717, 1.165) is 40.2 Å². The van der Waals surface area contributed by atoms with Crippen LogP contribution in [0.1, 0.15) is 52.0 Å². The van der Waals surface area contributed by atoms with Gasteiger partial charge in [0.15, 0.2) is 0 Å². The minimum atomic E-state index is -0.756. The molecule has 7 nitrogen and oxygen atoms in total. The highest BCUT2D eigenvalue weighted by Crippen LogP contribution is 2.42. The first-order valence-electron chi connectivity index (χ1n) is 11.0. The molecule has 5 rings (SSSR count). The van der Waals surface area contributed by atoms with Gasteiger partial charge in [0.1, 0.15) is 0 Å². The molecule has 4 aromatic rings. The number of rotatable bonds is 7. The summed E-state index contributed by atoms with van der Waals surface area (Å²) in [5.74, 6) is 0.564. The number of aromatic nitrogens is 4. The third kappa shape index (κ3) is 4.31. The van der Waals surface area contributed by atoms with Crippen LogP contribution in [0, 0.1) is 6.92 Å². The van der Waals surface area contributed by atoms with Crippen LogP contribution < -0.4 is 0 Å².